The molecule has 1 unspecified atom stereocenters. The molecule has 27 heavy (non-hydrogen) atoms. The molecule has 2 atom stereocenters. The van der Waals surface area contributed by atoms with Crippen LogP contribution in [0.5, 0.6) is 0 Å². The summed E-state index contributed by atoms with van der Waals surface area (Å²) in [5.41, 5.74) is 4.18. The van der Waals surface area contributed by atoms with Crippen molar-refractivity contribution >= 4 is 34.6 Å². The lowest BCUT2D eigenvalue weighted by Crippen LogP contribution is -2.39. The smallest absolute Gasteiger partial charge is 0.235 e. The van der Waals surface area contributed by atoms with E-state index >= 15 is 0 Å². The van der Waals surface area contributed by atoms with Gasteiger partial charge in [-0.2, -0.15) is 11.3 Å². The summed E-state index contributed by atoms with van der Waals surface area (Å²) in [5.74, 6) is -0.318. The van der Waals surface area contributed by atoms with Gasteiger partial charge in [0.25, 0.3) is 0 Å². The van der Waals surface area contributed by atoms with Crippen molar-refractivity contribution in [1.29, 1.82) is 0 Å². The van der Waals surface area contributed by atoms with Crippen LogP contribution >= 0.6 is 11.3 Å². The quantitative estimate of drug-likeness (QED) is 0.865. The number of carbonyl (C=O) groups is 2. The summed E-state index contributed by atoms with van der Waals surface area (Å²) in [5, 5.41) is 6.94. The number of carbonyl (C=O) groups excluding carboxylic acids is 2. The Labute approximate surface area is 162 Å². The number of thiophene rings is 1. The van der Waals surface area contributed by atoms with Crippen LogP contribution < -0.4 is 5.32 Å². The van der Waals surface area contributed by atoms with Crippen molar-refractivity contribution in [2.24, 2.45) is 10.9 Å². The second-order valence-electron chi connectivity index (χ2n) is 7.06. The molecule has 2 aromatic heterocycles. The maximum absolute atomic E-state index is 13.2. The van der Waals surface area contributed by atoms with Crippen molar-refractivity contribution in [2.75, 3.05) is 5.32 Å². The third kappa shape index (κ3) is 3.37. The minimum atomic E-state index is -0.511. The van der Waals surface area contributed by atoms with Crippen molar-refractivity contribution in [1.82, 2.24) is 4.98 Å². The van der Waals surface area contributed by atoms with Crippen LogP contribution in [0.1, 0.15) is 43.4 Å². The van der Waals surface area contributed by atoms with Crippen molar-refractivity contribution in [2.45, 2.75) is 39.0 Å². The molecular formula is C21H21N3O2S. The zero-order valence-electron chi connectivity index (χ0n) is 15.4. The van der Waals surface area contributed by atoms with Gasteiger partial charge in [0.1, 0.15) is 5.82 Å². The molecule has 2 aromatic rings. The van der Waals surface area contributed by atoms with E-state index in [1.54, 1.807) is 17.4 Å². The fraction of sp³-hybridized carbons (Fsp3) is 0.333. The minimum Gasteiger partial charge on any atom is -0.310 e. The molecule has 3 heterocycles. The lowest BCUT2D eigenvalue weighted by atomic mass is 9.72. The second-order valence-corrected chi connectivity index (χ2v) is 7.84. The van der Waals surface area contributed by atoms with E-state index in [1.165, 1.54) is 0 Å². The largest absolute Gasteiger partial charge is 0.310 e. The molecular weight excluding hydrogens is 358 g/mol. The van der Waals surface area contributed by atoms with E-state index in [2.05, 4.69) is 15.3 Å². The highest BCUT2D eigenvalue weighted by Gasteiger charge is 2.42. The monoisotopic (exact) mass is 379 g/mol. The van der Waals surface area contributed by atoms with Gasteiger partial charge < -0.3 is 5.32 Å². The summed E-state index contributed by atoms with van der Waals surface area (Å²) in [7, 11) is 0. The Morgan fingerprint density at radius 1 is 1.22 bits per heavy atom. The summed E-state index contributed by atoms with van der Waals surface area (Å²) < 4.78 is 0. The molecule has 0 fully saturated rings. The predicted molar refractivity (Wildman–Crippen MR) is 107 cm³/mol. The standard InChI is InChI=1S/C21H21N3O2S/c1-12-5-3-8-17(22-12)24-21(26)18-13(2)23-15-6-4-7-16(25)20(15)19(18)14-9-10-27-11-14/h3,5,8-11,18-19H,4,6-7H2,1-2H3,(H,22,24,26)/t18?,19-/m0/s1. The number of hydrogen-bond acceptors (Lipinski definition) is 5. The number of nitrogens with one attached hydrogen (secondary N) is 1. The van der Waals surface area contributed by atoms with Gasteiger partial charge in [-0.25, -0.2) is 4.98 Å². The van der Waals surface area contributed by atoms with Crippen LogP contribution in [-0.2, 0) is 9.59 Å². The Morgan fingerprint density at radius 2 is 2.07 bits per heavy atom. The molecule has 1 amide bonds. The summed E-state index contributed by atoms with van der Waals surface area (Å²) in [6, 6.07) is 7.53. The summed E-state index contributed by atoms with van der Waals surface area (Å²) in [6.07, 6.45) is 2.16. The van der Waals surface area contributed by atoms with Crippen LogP contribution in [0.25, 0.3) is 0 Å². The van der Waals surface area contributed by atoms with E-state index in [-0.39, 0.29) is 17.6 Å². The average molecular weight is 379 g/mol. The fourth-order valence-electron chi connectivity index (χ4n) is 3.97. The van der Waals surface area contributed by atoms with Crippen LogP contribution in [0.15, 0.2) is 51.3 Å². The molecule has 138 valence electrons. The maximum atomic E-state index is 13.2. The number of nitrogens with zero attached hydrogens (tertiary/aromatic N) is 2. The molecule has 1 N–H and O–H groups in total. The Morgan fingerprint density at radius 3 is 2.81 bits per heavy atom. The van der Waals surface area contributed by atoms with Crippen LogP contribution in [0.2, 0.25) is 0 Å². The van der Waals surface area contributed by atoms with E-state index in [4.69, 9.17) is 0 Å². The average Bonchev–Trinajstić information content (AvgIpc) is 3.15. The first-order chi connectivity index (χ1) is 13.0. The third-order valence-corrected chi connectivity index (χ3v) is 5.86. The molecule has 0 saturated heterocycles. The van der Waals surface area contributed by atoms with Crippen molar-refractivity contribution in [3.63, 3.8) is 0 Å². The van der Waals surface area contributed by atoms with Gasteiger partial charge in [0.15, 0.2) is 5.78 Å². The van der Waals surface area contributed by atoms with Gasteiger partial charge in [-0.05, 0) is 61.2 Å². The topological polar surface area (TPSA) is 71.4 Å². The lowest BCUT2D eigenvalue weighted by molar-refractivity contribution is -0.119. The maximum Gasteiger partial charge on any atom is 0.235 e. The number of rotatable bonds is 3. The highest BCUT2D eigenvalue weighted by molar-refractivity contribution is 7.08. The Bertz CT molecular complexity index is 960. The molecule has 1 aliphatic heterocycles. The first-order valence-corrected chi connectivity index (χ1v) is 10.1. The van der Waals surface area contributed by atoms with Crippen LogP contribution in [0, 0.1) is 12.8 Å². The van der Waals surface area contributed by atoms with E-state index in [9.17, 15) is 9.59 Å². The van der Waals surface area contributed by atoms with Gasteiger partial charge in [0.2, 0.25) is 5.91 Å². The molecule has 2 aliphatic rings. The first kappa shape index (κ1) is 17.8. The molecule has 5 nitrogen and oxygen atoms in total. The third-order valence-electron chi connectivity index (χ3n) is 5.16. The van der Waals surface area contributed by atoms with Crippen molar-refractivity contribution in [3.8, 4) is 0 Å². The molecule has 4 rings (SSSR count). The molecule has 0 radical (unpaired) electrons. The van der Waals surface area contributed by atoms with Crippen LogP contribution in [0.4, 0.5) is 5.82 Å². The van der Waals surface area contributed by atoms with Crippen LogP contribution in [-0.4, -0.2) is 22.4 Å². The Kier molecular flexibility index (Phi) is 4.74. The van der Waals surface area contributed by atoms with E-state index in [0.29, 0.717) is 12.2 Å². The second kappa shape index (κ2) is 7.19. The number of pyridine rings is 1. The number of aryl methyl sites for hydroxylation is 1. The molecule has 0 aromatic carbocycles. The highest BCUT2D eigenvalue weighted by atomic mass is 32.1. The number of Topliss-reactive ketones (excluding diaryl/α,β-unsaturated/α-hetero) is 1. The predicted octanol–water partition coefficient (Wildman–Crippen LogP) is 4.27. The summed E-state index contributed by atoms with van der Waals surface area (Å²) >= 11 is 1.58. The van der Waals surface area contributed by atoms with Crippen molar-refractivity contribution < 1.29 is 9.59 Å². The summed E-state index contributed by atoms with van der Waals surface area (Å²) in [6.45, 7) is 3.77. The van der Waals surface area contributed by atoms with Gasteiger partial charge in [0.05, 0.1) is 5.92 Å². The highest BCUT2D eigenvalue weighted by Crippen LogP contribution is 2.43. The number of aliphatic imine (C=N–C) groups is 1. The molecule has 0 bridgehead atoms. The Balaban J connectivity index is 1.74. The van der Waals surface area contributed by atoms with Gasteiger partial charge in [-0.15, -0.1) is 0 Å². The number of aromatic nitrogens is 1. The molecule has 6 heteroatoms. The van der Waals surface area contributed by atoms with Crippen LogP contribution in [0.3, 0.4) is 0 Å². The van der Waals surface area contributed by atoms with Gasteiger partial charge in [0, 0.05) is 35.0 Å². The number of ketones is 1. The number of allylic oxidation sites excluding steroid dienone is 2. The number of amides is 1. The molecule has 0 spiro atoms. The normalized spacial score (nSPS) is 22.3. The summed E-state index contributed by atoms with van der Waals surface area (Å²) in [4.78, 5) is 35.0. The number of hydrogen-bond donors (Lipinski definition) is 1. The van der Waals surface area contributed by atoms with Crippen molar-refractivity contribution in [3.05, 3.63) is 57.6 Å². The van der Waals surface area contributed by atoms with Gasteiger partial charge in [-0.1, -0.05) is 6.07 Å². The van der Waals surface area contributed by atoms with E-state index in [1.807, 2.05) is 42.8 Å². The van der Waals surface area contributed by atoms with E-state index in [0.717, 1.165) is 41.1 Å². The molecule has 1 aliphatic carbocycles. The van der Waals surface area contributed by atoms with Gasteiger partial charge in [-0.3, -0.25) is 14.6 Å². The Hall–Kier alpha value is -2.60. The lowest BCUT2D eigenvalue weighted by Gasteiger charge is -2.34. The van der Waals surface area contributed by atoms with E-state index < -0.39 is 5.92 Å². The fourth-order valence-corrected chi connectivity index (χ4v) is 4.67. The zero-order chi connectivity index (χ0) is 19.0. The SMILES string of the molecule is CC1=NC2=C(C(=O)CCC2)[C@@H](c2ccsc2)C1C(=O)Nc1cccc(C)n1. The minimum absolute atomic E-state index is 0.121. The zero-order valence-corrected chi connectivity index (χ0v) is 16.2. The van der Waals surface area contributed by atoms with Gasteiger partial charge >= 0.3 is 0 Å². The molecule has 0 saturated carbocycles. The number of anilines is 1. The first-order valence-electron chi connectivity index (χ1n) is 9.12.